The van der Waals surface area contributed by atoms with Crippen LogP contribution in [-0.4, -0.2) is 33.8 Å². The van der Waals surface area contributed by atoms with Crippen LogP contribution in [0.15, 0.2) is 12.2 Å². The number of allylic oxidation sites excluding steroid dienone is 1. The molecular formula is C19H32N2O2. The van der Waals surface area contributed by atoms with Crippen LogP contribution in [0.25, 0.3) is 0 Å². The lowest BCUT2D eigenvalue weighted by Crippen LogP contribution is -2.69. The third-order valence-electron chi connectivity index (χ3n) is 6.18. The maximum atomic E-state index is 12.3. The molecule has 4 heteroatoms. The quantitative estimate of drug-likeness (QED) is 0.736. The molecule has 4 aliphatic rings. The van der Waals surface area contributed by atoms with Gasteiger partial charge in [0, 0.05) is 24.0 Å². The summed E-state index contributed by atoms with van der Waals surface area (Å²) in [6.07, 6.45) is 11.0. The van der Waals surface area contributed by atoms with Gasteiger partial charge in [-0.15, -0.1) is 0 Å². The molecular weight excluding hydrogens is 288 g/mol. The molecule has 2 N–H and O–H groups in total. The van der Waals surface area contributed by atoms with E-state index in [1.807, 2.05) is 6.08 Å². The van der Waals surface area contributed by atoms with Crippen molar-refractivity contribution in [2.24, 2.45) is 17.8 Å². The third-order valence-corrected chi connectivity index (χ3v) is 6.18. The first-order valence-corrected chi connectivity index (χ1v) is 9.31. The van der Waals surface area contributed by atoms with Gasteiger partial charge in [-0.25, -0.2) is 0 Å². The van der Waals surface area contributed by atoms with Crippen LogP contribution in [0.1, 0.15) is 65.7 Å². The molecule has 1 amide bonds. The van der Waals surface area contributed by atoms with Gasteiger partial charge in [-0.1, -0.05) is 26.0 Å². The number of nitrogens with one attached hydrogen (secondary N) is 1. The van der Waals surface area contributed by atoms with Gasteiger partial charge in [-0.05, 0) is 63.2 Å². The van der Waals surface area contributed by atoms with Crippen molar-refractivity contribution in [3.05, 3.63) is 12.2 Å². The van der Waals surface area contributed by atoms with E-state index in [9.17, 15) is 10.0 Å². The molecule has 4 fully saturated rings. The van der Waals surface area contributed by atoms with Crippen molar-refractivity contribution in [3.8, 4) is 0 Å². The number of nitrogens with zero attached hydrogens (tertiary/aromatic N) is 1. The predicted molar refractivity (Wildman–Crippen MR) is 91.0 cm³/mol. The predicted octanol–water partition coefficient (Wildman–Crippen LogP) is 3.51. The summed E-state index contributed by atoms with van der Waals surface area (Å²) in [5.41, 5.74) is -0.0610. The van der Waals surface area contributed by atoms with E-state index in [1.54, 1.807) is 5.06 Å². The Morgan fingerprint density at radius 1 is 1.30 bits per heavy atom. The zero-order chi connectivity index (χ0) is 16.6. The fourth-order valence-corrected chi connectivity index (χ4v) is 5.15. The molecule has 2 aliphatic heterocycles. The monoisotopic (exact) mass is 320 g/mol. The van der Waals surface area contributed by atoms with E-state index in [4.69, 9.17) is 0 Å². The second-order valence-corrected chi connectivity index (χ2v) is 8.64. The first-order valence-electron chi connectivity index (χ1n) is 9.31. The molecule has 4 rings (SSSR count). The molecule has 0 spiro atoms. The van der Waals surface area contributed by atoms with E-state index >= 15 is 0 Å². The fourth-order valence-electron chi connectivity index (χ4n) is 5.15. The van der Waals surface area contributed by atoms with Crippen LogP contribution in [-0.2, 0) is 4.79 Å². The fraction of sp³-hybridized carbons (Fsp3) is 0.842. The third kappa shape index (κ3) is 3.48. The number of carbonyl (C=O) groups is 1. The average Bonchev–Trinajstić information content (AvgIpc) is 2.45. The summed E-state index contributed by atoms with van der Waals surface area (Å²) in [6, 6.07) is 0.631. The Morgan fingerprint density at radius 3 is 2.52 bits per heavy atom. The topological polar surface area (TPSA) is 52.6 Å². The van der Waals surface area contributed by atoms with E-state index in [0.29, 0.717) is 36.3 Å². The van der Waals surface area contributed by atoms with Crippen LogP contribution < -0.4 is 5.32 Å². The summed E-state index contributed by atoms with van der Waals surface area (Å²) >= 11 is 0. The summed E-state index contributed by atoms with van der Waals surface area (Å²) in [5, 5.41) is 15.2. The summed E-state index contributed by atoms with van der Waals surface area (Å²) < 4.78 is 0. The van der Waals surface area contributed by atoms with Crippen molar-refractivity contribution in [1.29, 1.82) is 0 Å². The van der Waals surface area contributed by atoms with Crippen molar-refractivity contribution >= 4 is 5.91 Å². The molecule has 2 saturated carbocycles. The number of carbonyl (C=O) groups excluding carboxylic acids is 1. The molecule has 5 atom stereocenters. The lowest BCUT2D eigenvalue weighted by Gasteiger charge is -2.62. The van der Waals surface area contributed by atoms with Crippen LogP contribution in [0.3, 0.4) is 0 Å². The molecule has 0 aromatic rings. The van der Waals surface area contributed by atoms with E-state index in [-0.39, 0.29) is 11.4 Å². The summed E-state index contributed by atoms with van der Waals surface area (Å²) in [6.45, 7) is 6.62. The van der Waals surface area contributed by atoms with Crippen molar-refractivity contribution in [1.82, 2.24) is 10.4 Å². The average molecular weight is 320 g/mol. The largest absolute Gasteiger partial charge is 0.353 e. The van der Waals surface area contributed by atoms with Gasteiger partial charge in [0.05, 0.1) is 0 Å². The number of rotatable bonds is 6. The minimum Gasteiger partial charge on any atom is -0.353 e. The minimum absolute atomic E-state index is 0.0610. The summed E-state index contributed by atoms with van der Waals surface area (Å²) in [4.78, 5) is 12.3. The first kappa shape index (κ1) is 17.0. The number of amides is 1. The lowest BCUT2D eigenvalue weighted by molar-refractivity contribution is -0.274. The normalized spacial score (nSPS) is 39.5. The SMILES string of the molecule is CC(C)CC/C=C/CC(=O)NC1[C@@H]2C[C@@H]3C[C@H]1CC(C)(C2)N3O. The van der Waals surface area contributed by atoms with Crippen molar-refractivity contribution in [2.75, 3.05) is 0 Å². The minimum atomic E-state index is -0.0610. The number of hydroxylamine groups is 2. The molecule has 2 saturated heterocycles. The van der Waals surface area contributed by atoms with Gasteiger partial charge in [-0.3, -0.25) is 4.79 Å². The first-order chi connectivity index (χ1) is 10.9. The Labute approximate surface area is 140 Å². The van der Waals surface area contributed by atoms with Gasteiger partial charge < -0.3 is 10.5 Å². The number of piperidine rings is 2. The van der Waals surface area contributed by atoms with Crippen molar-refractivity contribution < 1.29 is 10.0 Å². The standard InChI is InChI=1S/C19H32N2O2/c1-13(2)7-5-4-6-8-17(22)20-18-14-9-16-10-15(18)12-19(3,11-14)21(16)23/h4,6,13-16,18,23H,5,7-12H2,1-3H3,(H,20,22)/b6-4+/t14-,15+,16-,18?,19?. The van der Waals surface area contributed by atoms with Gasteiger partial charge in [0.25, 0.3) is 0 Å². The maximum absolute atomic E-state index is 12.3. The number of hydrogen-bond acceptors (Lipinski definition) is 3. The van der Waals surface area contributed by atoms with Crippen LogP contribution in [0, 0.1) is 17.8 Å². The van der Waals surface area contributed by atoms with Crippen molar-refractivity contribution in [2.45, 2.75) is 83.3 Å². The highest BCUT2D eigenvalue weighted by molar-refractivity contribution is 5.77. The number of hydrogen-bond donors (Lipinski definition) is 2. The second-order valence-electron chi connectivity index (χ2n) is 8.64. The molecule has 4 nitrogen and oxygen atoms in total. The highest BCUT2D eigenvalue weighted by atomic mass is 16.5. The highest BCUT2D eigenvalue weighted by Gasteiger charge is 2.57. The molecule has 23 heavy (non-hydrogen) atoms. The van der Waals surface area contributed by atoms with E-state index in [0.717, 1.165) is 32.1 Å². The Bertz CT molecular complexity index is 458. The smallest absolute Gasteiger partial charge is 0.224 e. The molecule has 2 heterocycles. The molecule has 2 unspecified atom stereocenters. The maximum Gasteiger partial charge on any atom is 0.224 e. The Balaban J connectivity index is 1.49. The van der Waals surface area contributed by atoms with Gasteiger partial charge in [0.15, 0.2) is 0 Å². The molecule has 0 aromatic heterocycles. The van der Waals surface area contributed by atoms with Gasteiger partial charge in [-0.2, -0.15) is 5.06 Å². The van der Waals surface area contributed by atoms with Gasteiger partial charge in [0.2, 0.25) is 5.91 Å². The zero-order valence-corrected chi connectivity index (χ0v) is 14.8. The highest BCUT2D eigenvalue weighted by Crippen LogP contribution is 2.53. The van der Waals surface area contributed by atoms with Gasteiger partial charge >= 0.3 is 0 Å². The van der Waals surface area contributed by atoms with Crippen LogP contribution >= 0.6 is 0 Å². The van der Waals surface area contributed by atoms with E-state index in [1.165, 1.54) is 6.42 Å². The Kier molecular flexibility index (Phi) is 4.84. The molecule has 0 aromatic carbocycles. The second kappa shape index (κ2) is 6.56. The van der Waals surface area contributed by atoms with Crippen LogP contribution in [0.4, 0.5) is 0 Å². The summed E-state index contributed by atoms with van der Waals surface area (Å²) in [7, 11) is 0. The molecule has 0 radical (unpaired) electrons. The molecule has 4 bridgehead atoms. The van der Waals surface area contributed by atoms with Crippen LogP contribution in [0.5, 0.6) is 0 Å². The molecule has 2 aliphatic carbocycles. The van der Waals surface area contributed by atoms with E-state index < -0.39 is 0 Å². The lowest BCUT2D eigenvalue weighted by atomic mass is 9.57. The van der Waals surface area contributed by atoms with E-state index in [2.05, 4.69) is 32.2 Å². The Morgan fingerprint density at radius 2 is 1.96 bits per heavy atom. The van der Waals surface area contributed by atoms with Crippen LogP contribution in [0.2, 0.25) is 0 Å². The molecule has 130 valence electrons. The zero-order valence-electron chi connectivity index (χ0n) is 14.8. The van der Waals surface area contributed by atoms with Gasteiger partial charge in [0.1, 0.15) is 0 Å². The summed E-state index contributed by atoms with van der Waals surface area (Å²) in [5.74, 6) is 1.95. The van der Waals surface area contributed by atoms with Crippen molar-refractivity contribution in [3.63, 3.8) is 0 Å². The Hall–Kier alpha value is -0.870.